The Morgan fingerprint density at radius 3 is 2.01 bits per heavy atom. The molecular formula is C52H51N6O8PS2. The van der Waals surface area contributed by atoms with Crippen LogP contribution in [0.5, 0.6) is 11.5 Å². The van der Waals surface area contributed by atoms with E-state index in [2.05, 4.69) is 32.1 Å². The molecule has 5 atom stereocenters. The summed E-state index contributed by atoms with van der Waals surface area (Å²) >= 11 is 3.07. The standard InChI is InChI=1S/C52H51N6O8PS2/c1-61-41-24-20-39(21-25-41)52(38-18-10-5-11-19-38,40-22-26-42(62-2)27-23-40)64-33-51-32-63-44(45(51)66-67(57-28-12-13-29-57)69-31-30-68-50(60)37-16-8-4-9-17-37)49(65-51)58-35-55-43-46(53-34-54-47(43)58)56-48(59)36-14-6-3-7-15-36/h3-11,14-27,34-35,44-45,49H,12-13,28-33H2,1-2H3,(H,53,54,56,59)/t44-,45+,49-,51-,67?/m1/s1. The minimum absolute atomic E-state index is 0.0481. The Labute approximate surface area is 410 Å². The molecule has 1 unspecified atom stereocenters. The number of ether oxygens (including phenoxy) is 5. The normalized spacial score (nSPS) is 20.5. The van der Waals surface area contributed by atoms with Crippen LogP contribution in [0.1, 0.15) is 56.5 Å². The third-order valence-electron chi connectivity index (χ3n) is 12.6. The second kappa shape index (κ2) is 21.1. The van der Waals surface area contributed by atoms with E-state index in [-0.39, 0.29) is 30.1 Å². The Hall–Kier alpha value is -5.68. The lowest BCUT2D eigenvalue weighted by atomic mass is 9.79. The van der Waals surface area contributed by atoms with E-state index < -0.39 is 37.1 Å². The first kappa shape index (κ1) is 47.0. The van der Waals surface area contributed by atoms with Crippen molar-refractivity contribution in [3.8, 4) is 11.5 Å². The number of anilines is 1. The summed E-state index contributed by atoms with van der Waals surface area (Å²) in [5.41, 5.74) is 2.38. The average molecular weight is 983 g/mol. The van der Waals surface area contributed by atoms with Crippen molar-refractivity contribution < 1.29 is 37.8 Å². The predicted octanol–water partition coefficient (Wildman–Crippen LogP) is 9.79. The van der Waals surface area contributed by atoms with E-state index in [1.165, 1.54) is 18.1 Å². The lowest BCUT2D eigenvalue weighted by Gasteiger charge is -2.40. The van der Waals surface area contributed by atoms with Gasteiger partial charge in [-0.25, -0.2) is 15.0 Å². The Morgan fingerprint density at radius 1 is 0.768 bits per heavy atom. The van der Waals surface area contributed by atoms with Crippen LogP contribution in [0, 0.1) is 0 Å². The summed E-state index contributed by atoms with van der Waals surface area (Å²) in [6.45, 7) is 2.03. The number of amides is 1. The third kappa shape index (κ3) is 9.65. The van der Waals surface area contributed by atoms with Crippen LogP contribution in [0.3, 0.4) is 0 Å². The molecule has 0 spiro atoms. The van der Waals surface area contributed by atoms with Gasteiger partial charge in [0.05, 0.1) is 33.8 Å². The summed E-state index contributed by atoms with van der Waals surface area (Å²) in [7, 11) is 2.05. The largest absolute Gasteiger partial charge is 0.497 e. The van der Waals surface area contributed by atoms with Gasteiger partial charge in [0.1, 0.15) is 41.2 Å². The van der Waals surface area contributed by atoms with E-state index in [1.54, 1.807) is 44.1 Å². The minimum Gasteiger partial charge on any atom is -0.497 e. The number of nitrogens with one attached hydrogen (secondary N) is 1. The molecule has 5 heterocycles. The fraction of sp³-hybridized carbons (Fsp3) is 0.288. The highest BCUT2D eigenvalue weighted by Crippen LogP contribution is 2.61. The highest BCUT2D eigenvalue weighted by atomic mass is 32.7. The molecule has 0 aliphatic carbocycles. The Morgan fingerprint density at radius 2 is 1.38 bits per heavy atom. The van der Waals surface area contributed by atoms with E-state index in [0.717, 1.165) is 42.6 Å². The van der Waals surface area contributed by atoms with Gasteiger partial charge in [0.2, 0.25) is 5.12 Å². The molecule has 17 heteroatoms. The zero-order valence-electron chi connectivity index (χ0n) is 38.1. The zero-order chi connectivity index (χ0) is 47.2. The van der Waals surface area contributed by atoms with E-state index in [1.807, 2.05) is 120 Å². The fourth-order valence-electron chi connectivity index (χ4n) is 9.13. The molecule has 3 saturated heterocycles. The number of hydrogen-bond donors (Lipinski definition) is 1. The number of imidazole rings is 1. The van der Waals surface area contributed by atoms with Crippen molar-refractivity contribution in [2.45, 2.75) is 42.5 Å². The van der Waals surface area contributed by atoms with E-state index >= 15 is 0 Å². The molecule has 3 aliphatic heterocycles. The van der Waals surface area contributed by atoms with Gasteiger partial charge in [0.15, 0.2) is 30.7 Å². The van der Waals surface area contributed by atoms with Crippen LogP contribution >= 0.6 is 30.6 Å². The number of nitrogens with zero attached hydrogens (tertiary/aromatic N) is 5. The van der Waals surface area contributed by atoms with Gasteiger partial charge in [-0.15, -0.1) is 0 Å². The average Bonchev–Trinajstić information content (AvgIpc) is 4.23. The molecule has 14 nitrogen and oxygen atoms in total. The third-order valence-corrected chi connectivity index (χ3v) is 17.8. The van der Waals surface area contributed by atoms with Crippen LogP contribution < -0.4 is 14.8 Å². The highest BCUT2D eigenvalue weighted by Gasteiger charge is 2.65. The maximum Gasteiger partial charge on any atom is 0.256 e. The van der Waals surface area contributed by atoms with Crippen LogP contribution in [0.25, 0.3) is 11.2 Å². The van der Waals surface area contributed by atoms with Crippen LogP contribution in [0.15, 0.2) is 152 Å². The van der Waals surface area contributed by atoms with Gasteiger partial charge >= 0.3 is 0 Å². The van der Waals surface area contributed by atoms with Crippen molar-refractivity contribution in [1.29, 1.82) is 0 Å². The number of benzene rings is 5. The summed E-state index contributed by atoms with van der Waals surface area (Å²) in [5, 5.41) is 2.97. The predicted molar refractivity (Wildman–Crippen MR) is 269 cm³/mol. The summed E-state index contributed by atoms with van der Waals surface area (Å²) in [4.78, 5) is 40.2. The minimum atomic E-state index is -1.25. The first-order valence-electron chi connectivity index (χ1n) is 22.8. The molecule has 2 bridgehead atoms. The van der Waals surface area contributed by atoms with Crippen molar-refractivity contribution in [3.63, 3.8) is 0 Å². The molecule has 3 aliphatic rings. The molecule has 0 radical (unpaired) electrons. The maximum absolute atomic E-state index is 13.3. The van der Waals surface area contributed by atoms with Crippen molar-refractivity contribution in [3.05, 3.63) is 180 Å². The van der Waals surface area contributed by atoms with Gasteiger partial charge < -0.3 is 33.5 Å². The maximum atomic E-state index is 13.3. The number of thioether (sulfide) groups is 1. The van der Waals surface area contributed by atoms with E-state index in [9.17, 15) is 9.59 Å². The van der Waals surface area contributed by atoms with E-state index in [0.29, 0.717) is 45.3 Å². The summed E-state index contributed by atoms with van der Waals surface area (Å²) in [6, 6.07) is 44.4. The molecule has 1 amide bonds. The van der Waals surface area contributed by atoms with Gasteiger partial charge in [-0.1, -0.05) is 126 Å². The van der Waals surface area contributed by atoms with Gasteiger partial charge in [-0.2, -0.15) is 0 Å². The van der Waals surface area contributed by atoms with Gasteiger partial charge in [0.25, 0.3) is 5.91 Å². The number of hydrogen-bond acceptors (Lipinski definition) is 14. The molecule has 3 fully saturated rings. The monoisotopic (exact) mass is 982 g/mol. The first-order valence-corrected chi connectivity index (χ1v) is 26.6. The second-order valence-electron chi connectivity index (χ2n) is 16.8. The van der Waals surface area contributed by atoms with Gasteiger partial charge in [-0.05, 0) is 65.9 Å². The molecule has 0 saturated carbocycles. The number of methoxy groups -OCH3 is 2. The molecule has 7 aromatic rings. The number of carbonyl (C=O) groups is 2. The SMILES string of the molecule is COc1ccc(C(OC[C@@]23CO[C@@H]([C@H](n4cnc5c(NC(=O)c6ccccc6)ncnc54)O2)[C@@H]3OP(SCCSC(=O)c2ccccc2)N2CCCC2)(c2ccccc2)c2ccc(OC)cc2)cc1. The second-order valence-corrected chi connectivity index (χ2v) is 21.5. The lowest BCUT2D eigenvalue weighted by Crippen LogP contribution is -2.49. The number of carbonyl (C=O) groups excluding carboxylic acids is 2. The summed E-state index contributed by atoms with van der Waals surface area (Å²) in [5.74, 6) is 2.70. The number of fused-ring (bicyclic) bond motifs is 3. The number of rotatable bonds is 19. The molecule has 69 heavy (non-hydrogen) atoms. The van der Waals surface area contributed by atoms with Crippen molar-refractivity contribution in [1.82, 2.24) is 24.2 Å². The van der Waals surface area contributed by atoms with E-state index in [4.69, 9.17) is 33.2 Å². The zero-order valence-corrected chi connectivity index (χ0v) is 40.6. The highest BCUT2D eigenvalue weighted by molar-refractivity contribution is 8.53. The van der Waals surface area contributed by atoms with Crippen LogP contribution in [0.4, 0.5) is 5.82 Å². The quantitative estimate of drug-likeness (QED) is 0.0466. The lowest BCUT2D eigenvalue weighted by molar-refractivity contribution is -0.201. The van der Waals surface area contributed by atoms with Crippen LogP contribution in [-0.4, -0.2) is 105 Å². The first-order chi connectivity index (χ1) is 33.9. The van der Waals surface area contributed by atoms with Crippen LogP contribution in [-0.2, 0) is 24.3 Å². The Bertz CT molecular complexity index is 2800. The number of aromatic nitrogens is 4. The summed E-state index contributed by atoms with van der Waals surface area (Å²) < 4.78 is 44.7. The molecule has 5 aromatic carbocycles. The van der Waals surface area contributed by atoms with Crippen molar-refractivity contribution in [2.24, 2.45) is 0 Å². The molecule has 1 N–H and O–H groups in total. The van der Waals surface area contributed by atoms with Gasteiger partial charge in [-0.3, -0.25) is 18.8 Å². The van der Waals surface area contributed by atoms with Gasteiger partial charge in [0, 0.05) is 35.7 Å². The fourth-order valence-corrected chi connectivity index (χ4v) is 14.5. The molecule has 354 valence electrons. The molecule has 2 aromatic heterocycles. The van der Waals surface area contributed by atoms with Crippen LogP contribution in [0.2, 0.25) is 0 Å². The Kier molecular flexibility index (Phi) is 14.4. The van der Waals surface area contributed by atoms with Crippen molar-refractivity contribution in [2.75, 3.05) is 57.3 Å². The smallest absolute Gasteiger partial charge is 0.256 e. The molecular weight excluding hydrogens is 932 g/mol. The summed E-state index contributed by atoms with van der Waals surface area (Å²) in [6.07, 6.45) is 3.21. The molecule has 10 rings (SSSR count). The Balaban J connectivity index is 1.02. The topological polar surface area (TPSA) is 148 Å². The van der Waals surface area contributed by atoms with Crippen molar-refractivity contribution >= 4 is 58.6 Å².